The molecule has 0 aromatic heterocycles. The van der Waals surface area contributed by atoms with E-state index < -0.39 is 30.2 Å². The standard InChI is InChI=1S/C10H16F3NO3/c1-4-5-7(8(15)17-6(2)3)14-9(16)10(11,12)13/h6-7H,4-5H2,1-3H3,(H,14,16)/t7-/m0/s1. The van der Waals surface area contributed by atoms with Gasteiger partial charge in [-0.1, -0.05) is 13.3 Å². The minimum Gasteiger partial charge on any atom is -0.461 e. The minimum atomic E-state index is -5.00. The second-order valence-corrected chi connectivity index (χ2v) is 3.80. The van der Waals surface area contributed by atoms with Crippen LogP contribution < -0.4 is 5.32 Å². The molecule has 0 aromatic carbocycles. The van der Waals surface area contributed by atoms with Crippen molar-refractivity contribution in [3.05, 3.63) is 0 Å². The van der Waals surface area contributed by atoms with Gasteiger partial charge in [0.25, 0.3) is 0 Å². The van der Waals surface area contributed by atoms with Crippen LogP contribution in [0, 0.1) is 0 Å². The summed E-state index contributed by atoms with van der Waals surface area (Å²) in [4.78, 5) is 22.1. The number of nitrogens with one attached hydrogen (secondary N) is 1. The number of alkyl halides is 3. The summed E-state index contributed by atoms with van der Waals surface area (Å²) in [5.74, 6) is -2.98. The second kappa shape index (κ2) is 6.46. The van der Waals surface area contributed by atoms with Crippen LogP contribution in [0.4, 0.5) is 13.2 Å². The van der Waals surface area contributed by atoms with E-state index >= 15 is 0 Å². The first kappa shape index (κ1) is 15.7. The lowest BCUT2D eigenvalue weighted by Crippen LogP contribution is -2.47. The van der Waals surface area contributed by atoms with Crippen molar-refractivity contribution < 1.29 is 27.5 Å². The van der Waals surface area contributed by atoms with E-state index in [1.807, 2.05) is 0 Å². The molecule has 0 unspecified atom stereocenters. The van der Waals surface area contributed by atoms with Crippen molar-refractivity contribution in [1.82, 2.24) is 5.32 Å². The fraction of sp³-hybridized carbons (Fsp3) is 0.800. The van der Waals surface area contributed by atoms with E-state index in [-0.39, 0.29) is 6.42 Å². The Labute approximate surface area is 97.5 Å². The van der Waals surface area contributed by atoms with Crippen molar-refractivity contribution in [1.29, 1.82) is 0 Å². The van der Waals surface area contributed by atoms with Crippen molar-refractivity contribution in [2.24, 2.45) is 0 Å². The predicted octanol–water partition coefficient (Wildman–Crippen LogP) is 1.79. The van der Waals surface area contributed by atoms with Crippen molar-refractivity contribution in [3.8, 4) is 0 Å². The lowest BCUT2D eigenvalue weighted by molar-refractivity contribution is -0.176. The Morgan fingerprint density at radius 3 is 2.18 bits per heavy atom. The number of carbonyl (C=O) groups excluding carboxylic acids is 2. The summed E-state index contributed by atoms with van der Waals surface area (Å²) < 4.78 is 40.8. The first-order valence-electron chi connectivity index (χ1n) is 5.26. The molecule has 17 heavy (non-hydrogen) atoms. The molecule has 0 saturated carbocycles. The first-order valence-corrected chi connectivity index (χ1v) is 5.26. The molecule has 1 atom stereocenters. The molecular weight excluding hydrogens is 239 g/mol. The SMILES string of the molecule is CCC[C@H](NC(=O)C(F)(F)F)C(=O)OC(C)C. The number of rotatable bonds is 5. The van der Waals surface area contributed by atoms with Gasteiger partial charge in [0.1, 0.15) is 6.04 Å². The van der Waals surface area contributed by atoms with E-state index in [9.17, 15) is 22.8 Å². The number of hydrogen-bond donors (Lipinski definition) is 1. The summed E-state index contributed by atoms with van der Waals surface area (Å²) in [7, 11) is 0. The van der Waals surface area contributed by atoms with E-state index in [0.717, 1.165) is 0 Å². The van der Waals surface area contributed by atoms with Crippen LogP contribution >= 0.6 is 0 Å². The fourth-order valence-corrected chi connectivity index (χ4v) is 1.09. The van der Waals surface area contributed by atoms with Crippen LogP contribution in [0.2, 0.25) is 0 Å². The van der Waals surface area contributed by atoms with Crippen LogP contribution in [0.3, 0.4) is 0 Å². The van der Waals surface area contributed by atoms with Crippen molar-refractivity contribution >= 4 is 11.9 Å². The molecular formula is C10H16F3NO3. The Bertz CT molecular complexity index is 276. The highest BCUT2D eigenvalue weighted by molar-refractivity contribution is 5.87. The number of halogens is 3. The monoisotopic (exact) mass is 255 g/mol. The summed E-state index contributed by atoms with van der Waals surface area (Å²) in [6.45, 7) is 4.84. The third-order valence-electron chi connectivity index (χ3n) is 1.78. The molecule has 1 N–H and O–H groups in total. The van der Waals surface area contributed by atoms with Crippen molar-refractivity contribution in [3.63, 3.8) is 0 Å². The van der Waals surface area contributed by atoms with E-state index in [1.165, 1.54) is 0 Å². The summed E-state index contributed by atoms with van der Waals surface area (Å²) in [6, 6.07) is -1.25. The summed E-state index contributed by atoms with van der Waals surface area (Å²) in [5, 5.41) is 1.62. The molecule has 0 aliphatic rings. The average molecular weight is 255 g/mol. The van der Waals surface area contributed by atoms with Gasteiger partial charge in [-0.05, 0) is 20.3 Å². The highest BCUT2D eigenvalue weighted by atomic mass is 19.4. The molecule has 0 aliphatic carbocycles. The normalized spacial score (nSPS) is 13.4. The molecule has 0 rings (SSSR count). The molecule has 0 saturated heterocycles. The van der Waals surface area contributed by atoms with Gasteiger partial charge in [-0.3, -0.25) is 4.79 Å². The first-order chi connectivity index (χ1) is 7.68. The average Bonchev–Trinajstić information content (AvgIpc) is 2.14. The van der Waals surface area contributed by atoms with Gasteiger partial charge in [0.15, 0.2) is 0 Å². The van der Waals surface area contributed by atoms with Gasteiger partial charge in [-0.15, -0.1) is 0 Å². The predicted molar refractivity (Wildman–Crippen MR) is 54.1 cm³/mol. The molecule has 7 heteroatoms. The molecule has 1 amide bonds. The molecule has 0 aromatic rings. The Balaban J connectivity index is 4.53. The number of hydrogen-bond acceptors (Lipinski definition) is 3. The molecule has 0 spiro atoms. The highest BCUT2D eigenvalue weighted by Gasteiger charge is 2.40. The van der Waals surface area contributed by atoms with Crippen molar-refractivity contribution in [2.45, 2.75) is 51.9 Å². The second-order valence-electron chi connectivity index (χ2n) is 3.80. The van der Waals surface area contributed by atoms with Crippen LogP contribution in [0.1, 0.15) is 33.6 Å². The van der Waals surface area contributed by atoms with Crippen LogP contribution in [0.5, 0.6) is 0 Å². The minimum absolute atomic E-state index is 0.105. The molecule has 0 heterocycles. The molecule has 0 fully saturated rings. The smallest absolute Gasteiger partial charge is 0.461 e. The third-order valence-corrected chi connectivity index (χ3v) is 1.78. The van der Waals surface area contributed by atoms with E-state index in [1.54, 1.807) is 26.1 Å². The Kier molecular flexibility index (Phi) is 5.98. The van der Waals surface area contributed by atoms with Crippen LogP contribution in [-0.2, 0) is 14.3 Å². The van der Waals surface area contributed by atoms with Crippen LogP contribution in [0.25, 0.3) is 0 Å². The van der Waals surface area contributed by atoms with E-state index in [4.69, 9.17) is 4.74 Å². The summed E-state index contributed by atoms with van der Waals surface area (Å²) in [6.07, 6.45) is -4.88. The largest absolute Gasteiger partial charge is 0.471 e. The topological polar surface area (TPSA) is 55.4 Å². The number of esters is 1. The quantitative estimate of drug-likeness (QED) is 0.762. The zero-order valence-corrected chi connectivity index (χ0v) is 9.93. The van der Waals surface area contributed by atoms with Gasteiger partial charge in [-0.25, -0.2) is 4.79 Å². The van der Waals surface area contributed by atoms with Crippen molar-refractivity contribution in [2.75, 3.05) is 0 Å². The van der Waals surface area contributed by atoms with Gasteiger partial charge >= 0.3 is 18.1 Å². The molecule has 0 radical (unpaired) electrons. The molecule has 0 aliphatic heterocycles. The van der Waals surface area contributed by atoms with Gasteiger partial charge in [0.2, 0.25) is 0 Å². The third kappa shape index (κ3) is 6.13. The van der Waals surface area contributed by atoms with Crippen LogP contribution in [-0.4, -0.2) is 30.2 Å². The molecule has 100 valence electrons. The zero-order valence-electron chi connectivity index (χ0n) is 9.93. The highest BCUT2D eigenvalue weighted by Crippen LogP contribution is 2.15. The van der Waals surface area contributed by atoms with Crippen LogP contribution in [0.15, 0.2) is 0 Å². The maximum atomic E-state index is 12.0. The van der Waals surface area contributed by atoms with E-state index in [0.29, 0.717) is 6.42 Å². The summed E-state index contributed by atoms with van der Waals surface area (Å²) >= 11 is 0. The fourth-order valence-electron chi connectivity index (χ4n) is 1.09. The maximum Gasteiger partial charge on any atom is 0.471 e. The van der Waals surface area contributed by atoms with E-state index in [2.05, 4.69) is 0 Å². The molecule has 0 bridgehead atoms. The lowest BCUT2D eigenvalue weighted by atomic mass is 10.1. The number of ether oxygens (including phenoxy) is 1. The Hall–Kier alpha value is -1.27. The number of amides is 1. The lowest BCUT2D eigenvalue weighted by Gasteiger charge is -2.19. The number of carbonyl (C=O) groups is 2. The van der Waals surface area contributed by atoms with Gasteiger partial charge < -0.3 is 10.1 Å². The molecule has 4 nitrogen and oxygen atoms in total. The zero-order chi connectivity index (χ0) is 13.6. The van der Waals surface area contributed by atoms with Gasteiger partial charge in [-0.2, -0.15) is 13.2 Å². The maximum absolute atomic E-state index is 12.0. The Morgan fingerprint density at radius 2 is 1.82 bits per heavy atom. The van der Waals surface area contributed by atoms with Gasteiger partial charge in [0, 0.05) is 0 Å². The van der Waals surface area contributed by atoms with Gasteiger partial charge in [0.05, 0.1) is 6.10 Å². The Morgan fingerprint density at radius 1 is 1.29 bits per heavy atom. The summed E-state index contributed by atoms with van der Waals surface area (Å²) in [5.41, 5.74) is 0.